The number of hydrogen-bond donors (Lipinski definition) is 2. The second-order valence-electron chi connectivity index (χ2n) is 6.25. The highest BCUT2D eigenvalue weighted by molar-refractivity contribution is 7.93. The average Bonchev–Trinajstić information content (AvgIpc) is 3.20. The Bertz CT molecular complexity index is 1220. The maximum atomic E-state index is 12.6. The molecular formula is C18H13Cl2F3N4O3S2. The fourth-order valence-corrected chi connectivity index (χ4v) is 5.08. The van der Waals surface area contributed by atoms with Crippen molar-refractivity contribution >= 4 is 55.6 Å². The number of hydrogen-bond acceptors (Lipinski definition) is 6. The van der Waals surface area contributed by atoms with E-state index in [0.717, 1.165) is 6.07 Å². The van der Waals surface area contributed by atoms with Crippen molar-refractivity contribution in [1.29, 1.82) is 0 Å². The van der Waals surface area contributed by atoms with Crippen LogP contribution >= 0.6 is 34.5 Å². The smallest absolute Gasteiger partial charge is 0.350 e. The van der Waals surface area contributed by atoms with E-state index in [9.17, 15) is 26.4 Å². The van der Waals surface area contributed by atoms with Gasteiger partial charge >= 0.3 is 6.18 Å². The van der Waals surface area contributed by atoms with Crippen molar-refractivity contribution in [2.24, 2.45) is 0 Å². The number of halogens is 5. The van der Waals surface area contributed by atoms with Gasteiger partial charge in [0, 0.05) is 12.1 Å². The molecule has 170 valence electrons. The minimum absolute atomic E-state index is 0.0408. The van der Waals surface area contributed by atoms with Crippen LogP contribution in [0.3, 0.4) is 0 Å². The van der Waals surface area contributed by atoms with Gasteiger partial charge in [0.25, 0.3) is 15.9 Å². The van der Waals surface area contributed by atoms with Gasteiger partial charge in [-0.25, -0.2) is 8.42 Å². The van der Waals surface area contributed by atoms with Gasteiger partial charge in [0.15, 0.2) is 0 Å². The first-order valence-electron chi connectivity index (χ1n) is 8.67. The second kappa shape index (κ2) is 9.61. The van der Waals surface area contributed by atoms with Gasteiger partial charge in [0.05, 0.1) is 10.4 Å². The van der Waals surface area contributed by atoms with E-state index in [0.29, 0.717) is 11.1 Å². The molecule has 7 nitrogen and oxygen atoms in total. The Morgan fingerprint density at radius 2 is 1.81 bits per heavy atom. The zero-order valence-electron chi connectivity index (χ0n) is 15.7. The predicted molar refractivity (Wildman–Crippen MR) is 115 cm³/mol. The Morgan fingerprint density at radius 1 is 1.12 bits per heavy atom. The van der Waals surface area contributed by atoms with Crippen molar-refractivity contribution in [3.05, 3.63) is 69.7 Å². The maximum Gasteiger partial charge on any atom is 0.445 e. The number of alkyl halides is 4. The zero-order valence-corrected chi connectivity index (χ0v) is 18.9. The molecule has 1 heterocycles. The lowest BCUT2D eigenvalue weighted by Crippen LogP contribution is -2.26. The molecule has 0 spiro atoms. The highest BCUT2D eigenvalue weighted by Crippen LogP contribution is 2.34. The Morgan fingerprint density at radius 3 is 2.41 bits per heavy atom. The fraction of sp³-hybridized carbons (Fsp3) is 0.167. The summed E-state index contributed by atoms with van der Waals surface area (Å²) in [5.74, 6) is -0.332. The van der Waals surface area contributed by atoms with E-state index in [4.69, 9.17) is 23.2 Å². The molecule has 1 atom stereocenters. The van der Waals surface area contributed by atoms with E-state index in [-0.39, 0.29) is 33.7 Å². The first-order valence-corrected chi connectivity index (χ1v) is 11.8. The molecule has 0 fully saturated rings. The molecule has 1 amide bonds. The number of rotatable bonds is 7. The van der Waals surface area contributed by atoms with Crippen molar-refractivity contribution in [2.45, 2.75) is 16.4 Å². The Hall–Kier alpha value is -2.41. The molecule has 1 aromatic heterocycles. The second-order valence-corrected chi connectivity index (χ2v) is 9.81. The molecule has 32 heavy (non-hydrogen) atoms. The number of nitrogens with zero attached hydrogens (tertiary/aromatic N) is 2. The summed E-state index contributed by atoms with van der Waals surface area (Å²) >= 11 is 12.4. The van der Waals surface area contributed by atoms with Crippen LogP contribution in [0.2, 0.25) is 5.02 Å². The lowest BCUT2D eigenvalue weighted by Gasteiger charge is -2.13. The number of anilines is 1. The summed E-state index contributed by atoms with van der Waals surface area (Å²) in [6.45, 7) is 0.0426. The Labute approximate surface area is 194 Å². The van der Waals surface area contributed by atoms with Crippen molar-refractivity contribution < 1.29 is 26.4 Å². The molecule has 0 saturated carbocycles. The summed E-state index contributed by atoms with van der Waals surface area (Å²) in [5.41, 5.74) is 0.881. The number of sulfonamides is 1. The fourth-order valence-electron chi connectivity index (χ4n) is 2.47. The van der Waals surface area contributed by atoms with E-state index in [2.05, 4.69) is 15.5 Å². The van der Waals surface area contributed by atoms with Gasteiger partial charge in [0.2, 0.25) is 10.1 Å². The molecule has 14 heteroatoms. The molecule has 0 aliphatic rings. The first kappa shape index (κ1) is 24.2. The highest BCUT2D eigenvalue weighted by atomic mass is 35.5. The van der Waals surface area contributed by atoms with E-state index in [1.807, 2.05) is 4.72 Å². The SMILES string of the molecule is O=C(NCC(Cl)c1ccc(S(=O)(=O)Nc2nnc(C(F)(F)F)s2)c(Cl)c1)c1ccccc1. The van der Waals surface area contributed by atoms with Gasteiger partial charge in [0.1, 0.15) is 4.90 Å². The minimum atomic E-state index is -4.74. The standard InChI is InChI=1S/C18H13Cl2F3N4O3S2/c19-12-8-11(13(20)9-24-15(28)10-4-2-1-3-5-10)6-7-14(12)32(29,30)27-17-26-25-16(31-17)18(21,22)23/h1-8,13H,9H2,(H,24,28)(H,26,27). The molecule has 0 aliphatic carbocycles. The number of nitrogens with one attached hydrogen (secondary N) is 2. The molecule has 3 aromatic rings. The number of aromatic nitrogens is 2. The largest absolute Gasteiger partial charge is 0.445 e. The molecule has 0 bridgehead atoms. The number of benzene rings is 2. The third kappa shape index (κ3) is 5.88. The van der Waals surface area contributed by atoms with E-state index >= 15 is 0 Å². The molecule has 2 aromatic carbocycles. The van der Waals surface area contributed by atoms with E-state index < -0.39 is 31.7 Å². The molecule has 0 radical (unpaired) electrons. The van der Waals surface area contributed by atoms with Gasteiger partial charge in [-0.3, -0.25) is 9.52 Å². The van der Waals surface area contributed by atoms with Gasteiger partial charge in [-0.1, -0.05) is 47.2 Å². The van der Waals surface area contributed by atoms with Crippen LogP contribution in [0.15, 0.2) is 53.4 Å². The normalized spacial score (nSPS) is 12.9. The highest BCUT2D eigenvalue weighted by Gasteiger charge is 2.36. The molecule has 1 unspecified atom stereocenters. The zero-order chi connectivity index (χ0) is 23.5. The van der Waals surface area contributed by atoms with Gasteiger partial charge < -0.3 is 5.32 Å². The van der Waals surface area contributed by atoms with Crippen LogP contribution in [0.5, 0.6) is 0 Å². The third-order valence-electron chi connectivity index (χ3n) is 3.97. The quantitative estimate of drug-likeness (QED) is 0.435. The summed E-state index contributed by atoms with van der Waals surface area (Å²) in [4.78, 5) is 11.7. The lowest BCUT2D eigenvalue weighted by molar-refractivity contribution is -0.138. The van der Waals surface area contributed by atoms with Crippen LogP contribution in [-0.4, -0.2) is 31.1 Å². The average molecular weight is 525 g/mol. The number of carbonyl (C=O) groups is 1. The van der Waals surface area contributed by atoms with Crippen molar-refractivity contribution in [2.75, 3.05) is 11.3 Å². The van der Waals surface area contributed by atoms with Crippen LogP contribution in [-0.2, 0) is 16.2 Å². The maximum absolute atomic E-state index is 12.6. The van der Waals surface area contributed by atoms with E-state index in [1.165, 1.54) is 12.1 Å². The Kier molecular flexibility index (Phi) is 7.28. The van der Waals surface area contributed by atoms with Gasteiger partial charge in [-0.15, -0.1) is 21.8 Å². The number of carbonyl (C=O) groups excluding carboxylic acids is 1. The van der Waals surface area contributed by atoms with Crippen molar-refractivity contribution in [3.8, 4) is 0 Å². The molecule has 3 rings (SSSR count). The van der Waals surface area contributed by atoms with Crippen LogP contribution < -0.4 is 10.0 Å². The summed E-state index contributed by atoms with van der Waals surface area (Å²) in [6, 6.07) is 12.3. The van der Waals surface area contributed by atoms with Crippen LogP contribution in [0.25, 0.3) is 0 Å². The van der Waals surface area contributed by atoms with E-state index in [1.54, 1.807) is 30.3 Å². The topological polar surface area (TPSA) is 101 Å². The molecule has 0 saturated heterocycles. The van der Waals surface area contributed by atoms with Gasteiger partial charge in [-0.2, -0.15) is 13.2 Å². The molecule has 2 N–H and O–H groups in total. The number of amides is 1. The predicted octanol–water partition coefficient (Wildman–Crippen LogP) is 4.72. The van der Waals surface area contributed by atoms with Crippen LogP contribution in [0.4, 0.5) is 18.3 Å². The van der Waals surface area contributed by atoms with Crippen LogP contribution in [0.1, 0.15) is 26.3 Å². The third-order valence-corrected chi connectivity index (χ3v) is 7.21. The summed E-state index contributed by atoms with van der Waals surface area (Å²) in [6.07, 6.45) is -4.74. The lowest BCUT2D eigenvalue weighted by atomic mass is 10.1. The monoisotopic (exact) mass is 524 g/mol. The van der Waals surface area contributed by atoms with Gasteiger partial charge in [-0.05, 0) is 29.8 Å². The summed E-state index contributed by atoms with van der Waals surface area (Å²) in [5, 5.41) is 5.98. The molecule has 0 aliphatic heterocycles. The first-order chi connectivity index (χ1) is 15.0. The Balaban J connectivity index is 1.69. The molecular weight excluding hydrogens is 512 g/mol. The summed E-state index contributed by atoms with van der Waals surface area (Å²) < 4.78 is 64.8. The van der Waals surface area contributed by atoms with Crippen molar-refractivity contribution in [3.63, 3.8) is 0 Å². The minimum Gasteiger partial charge on any atom is -0.350 e. The van der Waals surface area contributed by atoms with Crippen LogP contribution in [0, 0.1) is 0 Å². The van der Waals surface area contributed by atoms with Crippen molar-refractivity contribution in [1.82, 2.24) is 15.5 Å². The summed E-state index contributed by atoms with van der Waals surface area (Å²) in [7, 11) is -4.33.